The number of hydrogen-bond acceptors (Lipinski definition) is 3. The van der Waals surface area contributed by atoms with E-state index >= 15 is 0 Å². The third-order valence-electron chi connectivity index (χ3n) is 1.76. The molecule has 0 aliphatic heterocycles. The highest BCUT2D eigenvalue weighted by Crippen LogP contribution is 2.25. The van der Waals surface area contributed by atoms with Crippen LogP contribution in [0.25, 0.3) is 0 Å². The smallest absolute Gasteiger partial charge is 0.258 e. The molecule has 6 heteroatoms. The summed E-state index contributed by atoms with van der Waals surface area (Å²) in [5, 5.41) is 18.4. The summed E-state index contributed by atoms with van der Waals surface area (Å²) in [6.07, 6.45) is 0.260. The second-order valence-electron chi connectivity index (χ2n) is 2.84. The number of benzene rings is 1. The molecular weight excluding hydrogens is 239 g/mol. The molecule has 0 N–H and O–H groups in total. The van der Waals surface area contributed by atoms with Crippen molar-refractivity contribution in [2.75, 3.05) is 0 Å². The number of nitro groups is 1. The van der Waals surface area contributed by atoms with Gasteiger partial charge in [-0.25, -0.2) is 0 Å². The maximum Gasteiger partial charge on any atom is 0.288 e. The molecule has 0 radical (unpaired) electrons. The van der Waals surface area contributed by atoms with Gasteiger partial charge in [0, 0.05) is 12.5 Å². The van der Waals surface area contributed by atoms with Gasteiger partial charge < -0.3 is 0 Å². The topological polar surface area (TPSA) is 66.9 Å². The minimum absolute atomic E-state index is 0.0758. The second kappa shape index (κ2) is 4.96. The van der Waals surface area contributed by atoms with Gasteiger partial charge in [0.05, 0.1) is 11.0 Å². The van der Waals surface area contributed by atoms with Gasteiger partial charge in [0.15, 0.2) is 0 Å². The van der Waals surface area contributed by atoms with Crippen LogP contribution in [0.5, 0.6) is 0 Å². The zero-order valence-corrected chi connectivity index (χ0v) is 9.00. The predicted molar refractivity (Wildman–Crippen MR) is 57.1 cm³/mol. The lowest BCUT2D eigenvalue weighted by molar-refractivity contribution is -0.384. The van der Waals surface area contributed by atoms with E-state index in [1.807, 2.05) is 6.07 Å². The molecule has 1 aromatic rings. The van der Waals surface area contributed by atoms with Crippen LogP contribution in [0, 0.1) is 21.4 Å². The fraction of sp³-hybridized carbons (Fsp3) is 0.222. The summed E-state index contributed by atoms with van der Waals surface area (Å²) in [7, 11) is 0. The van der Waals surface area contributed by atoms with Crippen LogP contribution in [0.3, 0.4) is 0 Å². The fourth-order valence-electron chi connectivity index (χ4n) is 1.08. The summed E-state index contributed by atoms with van der Waals surface area (Å²) >= 11 is 11.2. The molecule has 78 valence electrons. The molecule has 4 nitrogen and oxygen atoms in total. The first kappa shape index (κ1) is 11.8. The maximum atomic E-state index is 10.6. The van der Waals surface area contributed by atoms with E-state index < -0.39 is 10.3 Å². The Bertz CT molecular complexity index is 429. The quantitative estimate of drug-likeness (QED) is 0.467. The first-order chi connectivity index (χ1) is 7.04. The number of nitriles is 1. The highest BCUT2D eigenvalue weighted by atomic mass is 35.5. The molecule has 0 aromatic heterocycles. The lowest BCUT2D eigenvalue weighted by Gasteiger charge is -2.02. The largest absolute Gasteiger partial charge is 0.288 e. The van der Waals surface area contributed by atoms with E-state index in [0.717, 1.165) is 0 Å². The zero-order chi connectivity index (χ0) is 11.4. The van der Waals surface area contributed by atoms with Crippen molar-refractivity contribution in [3.8, 4) is 6.07 Å². The molecule has 0 heterocycles. The highest BCUT2D eigenvalue weighted by molar-refractivity contribution is 6.32. The summed E-state index contributed by atoms with van der Waals surface area (Å²) < 4.78 is 0. The zero-order valence-electron chi connectivity index (χ0n) is 7.48. The Morgan fingerprint density at radius 3 is 2.80 bits per heavy atom. The molecule has 0 bridgehead atoms. The van der Waals surface area contributed by atoms with Gasteiger partial charge in [-0.2, -0.15) is 5.26 Å². The summed E-state index contributed by atoms with van der Waals surface area (Å²) in [5.41, 5.74) is 0.448. The Labute approximate surface area is 96.2 Å². The number of nitrogens with zero attached hydrogens (tertiary/aromatic N) is 2. The Hall–Kier alpha value is -1.31. The van der Waals surface area contributed by atoms with Crippen molar-refractivity contribution >= 4 is 28.9 Å². The molecule has 0 aliphatic rings. The molecule has 15 heavy (non-hydrogen) atoms. The van der Waals surface area contributed by atoms with Gasteiger partial charge in [-0.1, -0.05) is 17.7 Å². The monoisotopic (exact) mass is 244 g/mol. The molecule has 0 fully saturated rings. The molecule has 0 amide bonds. The number of alkyl halides is 1. The molecule has 0 spiro atoms. The number of rotatable bonds is 3. The number of hydrogen-bond donors (Lipinski definition) is 0. The van der Waals surface area contributed by atoms with Crippen LogP contribution in [0.15, 0.2) is 18.2 Å². The van der Waals surface area contributed by atoms with E-state index in [0.29, 0.717) is 5.56 Å². The van der Waals surface area contributed by atoms with Crippen LogP contribution in [-0.2, 0) is 6.42 Å². The van der Waals surface area contributed by atoms with E-state index in [1.165, 1.54) is 12.1 Å². The molecule has 1 atom stereocenters. The van der Waals surface area contributed by atoms with E-state index in [2.05, 4.69) is 0 Å². The molecule has 0 saturated heterocycles. The Balaban J connectivity index is 2.99. The van der Waals surface area contributed by atoms with Gasteiger partial charge >= 0.3 is 0 Å². The van der Waals surface area contributed by atoms with Crippen LogP contribution >= 0.6 is 23.2 Å². The van der Waals surface area contributed by atoms with Crippen LogP contribution in [0.2, 0.25) is 5.02 Å². The molecular formula is C9H6Cl2N2O2. The third-order valence-corrected chi connectivity index (χ3v) is 2.33. The summed E-state index contributed by atoms with van der Waals surface area (Å²) in [4.78, 5) is 9.98. The number of halogens is 2. The molecule has 0 saturated carbocycles. The molecule has 0 aliphatic carbocycles. The Kier molecular flexibility index (Phi) is 3.89. The van der Waals surface area contributed by atoms with Crippen molar-refractivity contribution in [1.29, 1.82) is 5.26 Å². The van der Waals surface area contributed by atoms with Crippen LogP contribution in [0.1, 0.15) is 5.56 Å². The van der Waals surface area contributed by atoms with Crippen LogP contribution < -0.4 is 0 Å². The Morgan fingerprint density at radius 2 is 2.27 bits per heavy atom. The van der Waals surface area contributed by atoms with Gasteiger partial charge in [-0.05, 0) is 11.6 Å². The standard InChI is InChI=1S/C9H6Cl2N2O2/c10-7(5-12)3-6-1-2-8(11)9(4-6)13(14)15/h1-2,4,7H,3H2. The molecule has 1 rings (SSSR count). The molecule has 1 aromatic carbocycles. The minimum atomic E-state index is -0.689. The highest BCUT2D eigenvalue weighted by Gasteiger charge is 2.14. The van der Waals surface area contributed by atoms with Crippen molar-refractivity contribution in [2.24, 2.45) is 0 Å². The van der Waals surface area contributed by atoms with Crippen molar-refractivity contribution in [2.45, 2.75) is 11.8 Å². The van der Waals surface area contributed by atoms with Gasteiger partial charge in [-0.15, -0.1) is 11.6 Å². The second-order valence-corrected chi connectivity index (χ2v) is 3.78. The van der Waals surface area contributed by atoms with Gasteiger partial charge in [-0.3, -0.25) is 10.1 Å². The number of nitro benzene ring substituents is 1. The summed E-state index contributed by atoms with van der Waals surface area (Å²) in [6.45, 7) is 0. The normalized spacial score (nSPS) is 11.8. The lowest BCUT2D eigenvalue weighted by atomic mass is 10.1. The van der Waals surface area contributed by atoms with Crippen LogP contribution in [0.4, 0.5) is 5.69 Å². The van der Waals surface area contributed by atoms with Gasteiger partial charge in [0.1, 0.15) is 10.4 Å². The Morgan fingerprint density at radius 1 is 1.60 bits per heavy atom. The van der Waals surface area contributed by atoms with Crippen molar-refractivity contribution in [1.82, 2.24) is 0 Å². The summed E-state index contributed by atoms with van der Waals surface area (Å²) in [5.74, 6) is 0. The van der Waals surface area contributed by atoms with Crippen molar-refractivity contribution in [3.05, 3.63) is 38.9 Å². The van der Waals surface area contributed by atoms with Crippen molar-refractivity contribution < 1.29 is 4.92 Å². The average molecular weight is 245 g/mol. The van der Waals surface area contributed by atoms with Gasteiger partial charge in [0.25, 0.3) is 5.69 Å². The van der Waals surface area contributed by atoms with Crippen LogP contribution in [-0.4, -0.2) is 10.3 Å². The lowest BCUT2D eigenvalue weighted by Crippen LogP contribution is -2.00. The average Bonchev–Trinajstić information content (AvgIpc) is 2.20. The predicted octanol–water partition coefficient (Wildman–Crippen LogP) is 2.92. The molecule has 1 unspecified atom stereocenters. The van der Waals surface area contributed by atoms with E-state index in [9.17, 15) is 10.1 Å². The van der Waals surface area contributed by atoms with E-state index in [-0.39, 0.29) is 17.1 Å². The minimum Gasteiger partial charge on any atom is -0.258 e. The van der Waals surface area contributed by atoms with Crippen molar-refractivity contribution in [3.63, 3.8) is 0 Å². The summed E-state index contributed by atoms with van der Waals surface area (Å²) in [6, 6.07) is 6.21. The fourth-order valence-corrected chi connectivity index (χ4v) is 1.44. The van der Waals surface area contributed by atoms with E-state index in [4.69, 9.17) is 28.5 Å². The maximum absolute atomic E-state index is 10.6. The van der Waals surface area contributed by atoms with E-state index in [1.54, 1.807) is 6.07 Å². The van der Waals surface area contributed by atoms with Gasteiger partial charge in [0.2, 0.25) is 0 Å². The first-order valence-electron chi connectivity index (χ1n) is 4.01. The first-order valence-corrected chi connectivity index (χ1v) is 4.82. The third kappa shape index (κ3) is 3.08. The SMILES string of the molecule is N#CC(Cl)Cc1ccc(Cl)c([N+](=O)[O-])c1.